The molecule has 1 N–H and O–H groups in total. The third kappa shape index (κ3) is 3.13. The predicted octanol–water partition coefficient (Wildman–Crippen LogP) is 2.65. The number of fused-ring (bicyclic) bond motifs is 1. The van der Waals surface area contributed by atoms with Gasteiger partial charge in [0.15, 0.2) is 0 Å². The molecule has 1 saturated heterocycles. The highest BCUT2D eigenvalue weighted by Gasteiger charge is 2.26. The van der Waals surface area contributed by atoms with Gasteiger partial charge in [0.05, 0.1) is 25.9 Å². The van der Waals surface area contributed by atoms with Crippen LogP contribution in [0.25, 0.3) is 0 Å². The Hall–Kier alpha value is -1.75. The quantitative estimate of drug-likeness (QED) is 0.911. The van der Waals surface area contributed by atoms with Crippen LogP contribution >= 0.6 is 0 Å². The summed E-state index contributed by atoms with van der Waals surface area (Å²) in [5.74, 6) is 0.942. The van der Waals surface area contributed by atoms with Gasteiger partial charge in [-0.1, -0.05) is 6.92 Å². The number of aryl methyl sites for hydroxylation is 1. The maximum atomic E-state index is 12.4. The fraction of sp³-hybridized carbons (Fsp3) is 0.562. The van der Waals surface area contributed by atoms with Crippen LogP contribution in [0, 0.1) is 0 Å². The molecule has 0 aromatic heterocycles. The minimum atomic E-state index is -0.0400. The summed E-state index contributed by atoms with van der Waals surface area (Å²) < 4.78 is 11.0. The molecule has 5 heteroatoms. The molecule has 1 aromatic carbocycles. The van der Waals surface area contributed by atoms with E-state index in [9.17, 15) is 4.79 Å². The number of carbonyl (C=O) groups excluding carboxylic acids is 1. The summed E-state index contributed by atoms with van der Waals surface area (Å²) in [7, 11) is 0. The van der Waals surface area contributed by atoms with E-state index < -0.39 is 0 Å². The van der Waals surface area contributed by atoms with Crippen molar-refractivity contribution in [1.29, 1.82) is 0 Å². The van der Waals surface area contributed by atoms with Gasteiger partial charge in [-0.2, -0.15) is 0 Å². The highest BCUT2D eigenvalue weighted by Crippen LogP contribution is 2.27. The number of nitrogens with one attached hydrogen (secondary N) is 1. The van der Waals surface area contributed by atoms with Crippen LogP contribution in [0.5, 0.6) is 5.75 Å². The first kappa shape index (κ1) is 14.2. The first-order chi connectivity index (χ1) is 10.3. The van der Waals surface area contributed by atoms with Gasteiger partial charge in [0.1, 0.15) is 5.75 Å². The summed E-state index contributed by atoms with van der Waals surface area (Å²) in [4.78, 5) is 14.3. The van der Waals surface area contributed by atoms with Crippen molar-refractivity contribution in [1.82, 2.24) is 4.90 Å². The van der Waals surface area contributed by atoms with Crippen molar-refractivity contribution in [2.75, 3.05) is 31.7 Å². The van der Waals surface area contributed by atoms with Gasteiger partial charge < -0.3 is 19.7 Å². The Morgan fingerprint density at radius 3 is 3.19 bits per heavy atom. The summed E-state index contributed by atoms with van der Waals surface area (Å²) in [5.41, 5.74) is 2.01. The summed E-state index contributed by atoms with van der Waals surface area (Å²) >= 11 is 0. The van der Waals surface area contributed by atoms with E-state index >= 15 is 0 Å². The minimum absolute atomic E-state index is 0.0400. The Balaban J connectivity index is 1.69. The van der Waals surface area contributed by atoms with Gasteiger partial charge in [-0.15, -0.1) is 0 Å². The molecule has 0 saturated carbocycles. The zero-order chi connectivity index (χ0) is 14.7. The Morgan fingerprint density at radius 1 is 1.43 bits per heavy atom. The van der Waals surface area contributed by atoms with Crippen LogP contribution < -0.4 is 10.1 Å². The summed E-state index contributed by atoms with van der Waals surface area (Å²) in [6.07, 6.45) is 2.95. The number of nitrogens with zero attached hydrogens (tertiary/aromatic N) is 1. The molecule has 2 amide bonds. The van der Waals surface area contributed by atoms with Crippen molar-refractivity contribution in [3.05, 3.63) is 23.8 Å². The Labute approximate surface area is 125 Å². The van der Waals surface area contributed by atoms with Gasteiger partial charge in [-0.25, -0.2) is 4.79 Å². The molecule has 3 rings (SSSR count). The fourth-order valence-electron chi connectivity index (χ4n) is 2.89. The van der Waals surface area contributed by atoms with E-state index in [4.69, 9.17) is 9.47 Å². The number of urea groups is 1. The Morgan fingerprint density at radius 2 is 2.33 bits per heavy atom. The second-order valence-electron chi connectivity index (χ2n) is 5.54. The number of amides is 2. The summed E-state index contributed by atoms with van der Waals surface area (Å²) in [5, 5.41) is 3.00. The third-order valence-corrected chi connectivity index (χ3v) is 4.12. The highest BCUT2D eigenvalue weighted by molar-refractivity contribution is 5.89. The lowest BCUT2D eigenvalue weighted by molar-refractivity contribution is 0.0144. The average molecular weight is 290 g/mol. The SMILES string of the molecule is CCC1COCCN1C(=O)Nc1ccc2c(c1)CCCO2. The average Bonchev–Trinajstić information content (AvgIpc) is 2.54. The lowest BCUT2D eigenvalue weighted by Crippen LogP contribution is -2.50. The zero-order valence-electron chi connectivity index (χ0n) is 12.4. The van der Waals surface area contributed by atoms with Crippen LogP contribution in [0.4, 0.5) is 10.5 Å². The lowest BCUT2D eigenvalue weighted by atomic mass is 10.1. The maximum absolute atomic E-state index is 12.4. The van der Waals surface area contributed by atoms with Gasteiger partial charge in [0.25, 0.3) is 0 Å². The van der Waals surface area contributed by atoms with Crippen LogP contribution in [0.3, 0.4) is 0 Å². The molecule has 2 aliphatic rings. The standard InChI is InChI=1S/C16H22N2O3/c1-2-14-11-20-9-7-18(14)16(19)17-13-5-6-15-12(10-13)4-3-8-21-15/h5-6,10,14H,2-4,7-9,11H2,1H3,(H,17,19). The molecule has 114 valence electrons. The molecule has 0 spiro atoms. The second-order valence-corrected chi connectivity index (χ2v) is 5.54. The van der Waals surface area contributed by atoms with Crippen molar-refractivity contribution in [2.45, 2.75) is 32.2 Å². The molecular formula is C16H22N2O3. The number of hydrogen-bond donors (Lipinski definition) is 1. The molecule has 0 aliphatic carbocycles. The van der Waals surface area contributed by atoms with Crippen LogP contribution in [0.2, 0.25) is 0 Å². The zero-order valence-corrected chi connectivity index (χ0v) is 12.4. The van der Waals surface area contributed by atoms with E-state index in [2.05, 4.69) is 12.2 Å². The lowest BCUT2D eigenvalue weighted by Gasteiger charge is -2.35. The molecule has 0 bridgehead atoms. The first-order valence-corrected chi connectivity index (χ1v) is 7.69. The molecule has 1 aromatic rings. The van der Waals surface area contributed by atoms with E-state index in [0.717, 1.165) is 37.3 Å². The van der Waals surface area contributed by atoms with Gasteiger partial charge in [0.2, 0.25) is 0 Å². The second kappa shape index (κ2) is 6.35. The Bertz CT molecular complexity index is 518. The van der Waals surface area contributed by atoms with E-state index in [1.165, 1.54) is 5.56 Å². The summed E-state index contributed by atoms with van der Waals surface area (Å²) in [6.45, 7) is 4.75. The van der Waals surface area contributed by atoms with Gasteiger partial charge in [-0.3, -0.25) is 0 Å². The fourth-order valence-corrected chi connectivity index (χ4v) is 2.89. The van der Waals surface area contributed by atoms with Crippen molar-refractivity contribution >= 4 is 11.7 Å². The number of rotatable bonds is 2. The molecule has 1 fully saturated rings. The molecule has 21 heavy (non-hydrogen) atoms. The molecule has 2 aliphatic heterocycles. The van der Waals surface area contributed by atoms with Gasteiger partial charge >= 0.3 is 6.03 Å². The van der Waals surface area contributed by atoms with Crippen LogP contribution in [-0.4, -0.2) is 43.3 Å². The molecule has 1 atom stereocenters. The predicted molar refractivity (Wildman–Crippen MR) is 80.9 cm³/mol. The molecule has 1 unspecified atom stereocenters. The van der Waals surface area contributed by atoms with Crippen molar-refractivity contribution in [3.8, 4) is 5.75 Å². The maximum Gasteiger partial charge on any atom is 0.322 e. The Kier molecular flexibility index (Phi) is 4.29. The normalized spacial score (nSPS) is 21.4. The van der Waals surface area contributed by atoms with E-state index in [0.29, 0.717) is 19.8 Å². The van der Waals surface area contributed by atoms with E-state index in [1.54, 1.807) is 0 Å². The van der Waals surface area contributed by atoms with Gasteiger partial charge in [-0.05, 0) is 43.0 Å². The van der Waals surface area contributed by atoms with Crippen LogP contribution in [-0.2, 0) is 11.2 Å². The van der Waals surface area contributed by atoms with Crippen molar-refractivity contribution < 1.29 is 14.3 Å². The van der Waals surface area contributed by atoms with Crippen molar-refractivity contribution in [3.63, 3.8) is 0 Å². The smallest absolute Gasteiger partial charge is 0.322 e. The highest BCUT2D eigenvalue weighted by atomic mass is 16.5. The molecular weight excluding hydrogens is 268 g/mol. The third-order valence-electron chi connectivity index (χ3n) is 4.12. The number of carbonyl (C=O) groups is 1. The van der Waals surface area contributed by atoms with Crippen LogP contribution in [0.15, 0.2) is 18.2 Å². The largest absolute Gasteiger partial charge is 0.493 e. The van der Waals surface area contributed by atoms with Gasteiger partial charge in [0, 0.05) is 12.2 Å². The number of ether oxygens (including phenoxy) is 2. The molecule has 5 nitrogen and oxygen atoms in total. The summed E-state index contributed by atoms with van der Waals surface area (Å²) in [6, 6.07) is 6.00. The molecule has 0 radical (unpaired) electrons. The monoisotopic (exact) mass is 290 g/mol. The van der Waals surface area contributed by atoms with Crippen LogP contribution in [0.1, 0.15) is 25.3 Å². The first-order valence-electron chi connectivity index (χ1n) is 7.69. The number of morpholine rings is 1. The molecule has 2 heterocycles. The number of anilines is 1. The minimum Gasteiger partial charge on any atom is -0.493 e. The van der Waals surface area contributed by atoms with E-state index in [-0.39, 0.29) is 12.1 Å². The van der Waals surface area contributed by atoms with Crippen molar-refractivity contribution in [2.24, 2.45) is 0 Å². The number of benzene rings is 1. The topological polar surface area (TPSA) is 50.8 Å². The van der Waals surface area contributed by atoms with E-state index in [1.807, 2.05) is 23.1 Å². The number of hydrogen-bond acceptors (Lipinski definition) is 3.